The average molecular weight is 265 g/mol. The van der Waals surface area contributed by atoms with Gasteiger partial charge in [0.25, 0.3) is 0 Å². The third-order valence-electron chi connectivity index (χ3n) is 3.81. The van der Waals surface area contributed by atoms with Crippen LogP contribution >= 0.6 is 11.6 Å². The summed E-state index contributed by atoms with van der Waals surface area (Å²) in [6.45, 7) is 0.460. The first-order chi connectivity index (χ1) is 8.62. The molecule has 1 aromatic rings. The number of anilines is 1. The number of nitrogens with zero attached hydrogens (tertiary/aromatic N) is 1. The van der Waals surface area contributed by atoms with Gasteiger partial charge in [-0.05, 0) is 31.0 Å². The monoisotopic (exact) mass is 264 g/mol. The van der Waals surface area contributed by atoms with Crippen LogP contribution in [0.1, 0.15) is 19.3 Å². The molecule has 1 saturated carbocycles. The second kappa shape index (κ2) is 3.99. The Morgan fingerprint density at radius 3 is 2.67 bits per heavy atom. The molecule has 0 radical (unpaired) electrons. The Hall–Kier alpha value is -1.55. The van der Waals surface area contributed by atoms with Gasteiger partial charge in [-0.3, -0.25) is 4.79 Å². The van der Waals surface area contributed by atoms with Crippen molar-refractivity contribution < 1.29 is 9.59 Å². The second-order valence-electron chi connectivity index (χ2n) is 4.91. The Kier molecular flexibility index (Phi) is 2.55. The van der Waals surface area contributed by atoms with Gasteiger partial charge in [-0.15, -0.1) is 0 Å². The summed E-state index contributed by atoms with van der Waals surface area (Å²) in [5.41, 5.74) is 0.159. The van der Waals surface area contributed by atoms with Crippen molar-refractivity contribution >= 4 is 29.2 Å². The molecule has 5 heteroatoms. The van der Waals surface area contributed by atoms with Crippen LogP contribution in [0.15, 0.2) is 24.3 Å². The van der Waals surface area contributed by atoms with Crippen LogP contribution in [0.4, 0.5) is 10.5 Å². The molecule has 1 N–H and O–H groups in total. The number of hydrogen-bond acceptors (Lipinski definition) is 2. The number of urea groups is 1. The summed E-state index contributed by atoms with van der Waals surface area (Å²) < 4.78 is 0. The van der Waals surface area contributed by atoms with Crippen molar-refractivity contribution in [1.29, 1.82) is 0 Å². The van der Waals surface area contributed by atoms with Crippen molar-refractivity contribution in [1.82, 2.24) is 5.32 Å². The minimum absolute atomic E-state index is 0.0974. The maximum atomic E-state index is 12.5. The van der Waals surface area contributed by atoms with Gasteiger partial charge in [-0.1, -0.05) is 24.1 Å². The van der Waals surface area contributed by atoms with Crippen LogP contribution in [0.3, 0.4) is 0 Å². The number of imide groups is 1. The van der Waals surface area contributed by atoms with E-state index in [1.807, 2.05) is 0 Å². The molecule has 0 atom stereocenters. The first-order valence-corrected chi connectivity index (χ1v) is 6.38. The van der Waals surface area contributed by atoms with Crippen LogP contribution in [0.25, 0.3) is 0 Å². The number of hydrogen-bond donors (Lipinski definition) is 1. The third kappa shape index (κ3) is 1.60. The maximum absolute atomic E-state index is 12.5. The summed E-state index contributed by atoms with van der Waals surface area (Å²) in [4.78, 5) is 25.6. The molecule has 94 valence electrons. The molecule has 0 unspecified atom stereocenters. The Balaban J connectivity index is 1.98. The van der Waals surface area contributed by atoms with Gasteiger partial charge in [-0.25, -0.2) is 9.69 Å². The molecule has 0 bridgehead atoms. The number of halogens is 1. The summed E-state index contributed by atoms with van der Waals surface area (Å²) in [5.74, 6) is -0.0974. The van der Waals surface area contributed by atoms with Crippen molar-refractivity contribution in [2.45, 2.75) is 19.3 Å². The summed E-state index contributed by atoms with van der Waals surface area (Å²) in [6.07, 6.45) is 2.75. The fraction of sp³-hybridized carbons (Fsp3) is 0.385. The van der Waals surface area contributed by atoms with Gasteiger partial charge in [0.05, 0.1) is 11.1 Å². The van der Waals surface area contributed by atoms with E-state index in [2.05, 4.69) is 5.32 Å². The molecule has 4 nitrogen and oxygen atoms in total. The molecule has 1 aliphatic carbocycles. The first kappa shape index (κ1) is 11.5. The highest BCUT2D eigenvalue weighted by Crippen LogP contribution is 2.44. The summed E-state index contributed by atoms with van der Waals surface area (Å²) in [7, 11) is 0. The zero-order chi connectivity index (χ0) is 12.8. The predicted octanol–water partition coefficient (Wildman–Crippen LogP) is 2.57. The fourth-order valence-electron chi connectivity index (χ4n) is 2.57. The average Bonchev–Trinajstić information content (AvgIpc) is 2.27. The second-order valence-corrected chi connectivity index (χ2v) is 5.35. The van der Waals surface area contributed by atoms with Crippen molar-refractivity contribution in [3.05, 3.63) is 29.3 Å². The normalized spacial score (nSPS) is 21.7. The zero-order valence-corrected chi connectivity index (χ0v) is 10.5. The van der Waals surface area contributed by atoms with Gasteiger partial charge in [0, 0.05) is 11.6 Å². The minimum Gasteiger partial charge on any atom is -0.336 e. The number of carbonyl (C=O) groups excluding carboxylic acids is 2. The molecule has 1 saturated heterocycles. The van der Waals surface area contributed by atoms with Gasteiger partial charge in [0.15, 0.2) is 0 Å². The fourth-order valence-corrected chi connectivity index (χ4v) is 2.76. The molecule has 1 spiro atoms. The van der Waals surface area contributed by atoms with Crippen molar-refractivity contribution in [2.75, 3.05) is 11.4 Å². The van der Waals surface area contributed by atoms with Crippen LogP contribution in [0, 0.1) is 5.41 Å². The summed E-state index contributed by atoms with van der Waals surface area (Å²) in [5, 5.41) is 3.31. The zero-order valence-electron chi connectivity index (χ0n) is 9.78. The SMILES string of the molecule is O=C1NCC2(CCC2)C(=O)N1c1cccc(Cl)c1. The largest absolute Gasteiger partial charge is 0.336 e. The lowest BCUT2D eigenvalue weighted by atomic mass is 9.67. The summed E-state index contributed by atoms with van der Waals surface area (Å²) >= 11 is 5.91. The molecule has 1 aromatic carbocycles. The number of nitrogens with one attached hydrogen (secondary N) is 1. The highest BCUT2D eigenvalue weighted by Gasteiger charge is 2.51. The van der Waals surface area contributed by atoms with Crippen LogP contribution in [0.5, 0.6) is 0 Å². The van der Waals surface area contributed by atoms with Gasteiger partial charge in [0.1, 0.15) is 0 Å². The molecule has 1 aliphatic heterocycles. The van der Waals surface area contributed by atoms with Gasteiger partial charge in [-0.2, -0.15) is 0 Å². The Morgan fingerprint density at radius 2 is 2.06 bits per heavy atom. The van der Waals surface area contributed by atoms with E-state index in [0.717, 1.165) is 19.3 Å². The highest BCUT2D eigenvalue weighted by atomic mass is 35.5. The first-order valence-electron chi connectivity index (χ1n) is 6.00. The topological polar surface area (TPSA) is 49.4 Å². The Morgan fingerprint density at radius 1 is 1.28 bits per heavy atom. The molecule has 3 rings (SSSR count). The van der Waals surface area contributed by atoms with Crippen LogP contribution in [-0.2, 0) is 4.79 Å². The third-order valence-corrected chi connectivity index (χ3v) is 4.05. The van der Waals surface area contributed by atoms with Gasteiger partial charge >= 0.3 is 6.03 Å². The molecule has 1 heterocycles. The van der Waals surface area contributed by atoms with Gasteiger partial charge < -0.3 is 5.32 Å². The standard InChI is InChI=1S/C13H13ClN2O2/c14-9-3-1-4-10(7-9)16-11(17)13(5-2-6-13)8-15-12(16)18/h1,3-4,7H,2,5-6,8H2,(H,15,18). The number of amides is 3. The van der Waals surface area contributed by atoms with E-state index in [1.54, 1.807) is 24.3 Å². The predicted molar refractivity (Wildman–Crippen MR) is 68.6 cm³/mol. The molecule has 2 aliphatic rings. The lowest BCUT2D eigenvalue weighted by molar-refractivity contribution is -0.132. The lowest BCUT2D eigenvalue weighted by Gasteiger charge is -2.46. The van der Waals surface area contributed by atoms with Crippen molar-refractivity contribution in [2.24, 2.45) is 5.41 Å². The van der Waals surface area contributed by atoms with E-state index < -0.39 is 0 Å². The molecular formula is C13H13ClN2O2. The number of rotatable bonds is 1. The van der Waals surface area contributed by atoms with E-state index in [9.17, 15) is 9.59 Å². The van der Waals surface area contributed by atoms with E-state index in [-0.39, 0.29) is 17.4 Å². The van der Waals surface area contributed by atoms with Crippen LogP contribution in [-0.4, -0.2) is 18.5 Å². The smallest absolute Gasteiger partial charge is 0.328 e. The van der Waals surface area contributed by atoms with E-state index >= 15 is 0 Å². The highest BCUT2D eigenvalue weighted by molar-refractivity contribution is 6.31. The molecule has 18 heavy (non-hydrogen) atoms. The minimum atomic E-state index is -0.379. The van der Waals surface area contributed by atoms with Crippen molar-refractivity contribution in [3.8, 4) is 0 Å². The van der Waals surface area contributed by atoms with Crippen LogP contribution in [0.2, 0.25) is 5.02 Å². The Bertz CT molecular complexity index is 525. The quantitative estimate of drug-likeness (QED) is 0.847. The number of carbonyl (C=O) groups is 2. The lowest BCUT2D eigenvalue weighted by Crippen LogP contribution is -2.63. The molecular weight excluding hydrogens is 252 g/mol. The van der Waals surface area contributed by atoms with E-state index in [4.69, 9.17) is 11.6 Å². The number of benzene rings is 1. The molecule has 2 fully saturated rings. The summed E-state index contributed by atoms with van der Waals surface area (Å²) in [6, 6.07) is 6.45. The van der Waals surface area contributed by atoms with Gasteiger partial charge in [0.2, 0.25) is 5.91 Å². The van der Waals surface area contributed by atoms with Crippen molar-refractivity contribution in [3.63, 3.8) is 0 Å². The molecule has 3 amide bonds. The molecule has 0 aromatic heterocycles. The Labute approximate surface area is 110 Å². The van der Waals surface area contributed by atoms with Crippen LogP contribution < -0.4 is 10.2 Å². The van der Waals surface area contributed by atoms with E-state index in [0.29, 0.717) is 17.3 Å². The van der Waals surface area contributed by atoms with E-state index in [1.165, 1.54) is 4.90 Å². The maximum Gasteiger partial charge on any atom is 0.328 e.